The standard InChI is InChI=1S/C15H16F2N2O3/c1-11(13(20)19-8-7-15(16,17)10-19)18-14(21)22-9-12-5-3-2-4-6-12/h2-8,11H,9-10H2,1H3,(H,18,21). The Labute approximate surface area is 126 Å². The van der Waals surface area contributed by atoms with Crippen LogP contribution in [-0.2, 0) is 16.1 Å². The predicted molar refractivity (Wildman–Crippen MR) is 75.0 cm³/mol. The van der Waals surface area contributed by atoms with Crippen LogP contribution in [-0.4, -0.2) is 35.4 Å². The van der Waals surface area contributed by atoms with E-state index in [1.165, 1.54) is 6.92 Å². The van der Waals surface area contributed by atoms with Crippen LogP contribution in [0.25, 0.3) is 0 Å². The number of hydrogen-bond acceptors (Lipinski definition) is 3. The van der Waals surface area contributed by atoms with Crippen LogP contribution in [0.2, 0.25) is 0 Å². The molecule has 22 heavy (non-hydrogen) atoms. The normalized spacial score (nSPS) is 17.1. The second-order valence-electron chi connectivity index (χ2n) is 4.97. The van der Waals surface area contributed by atoms with E-state index in [1.54, 1.807) is 12.1 Å². The van der Waals surface area contributed by atoms with Crippen molar-refractivity contribution >= 4 is 12.0 Å². The van der Waals surface area contributed by atoms with Crippen molar-refractivity contribution in [1.29, 1.82) is 0 Å². The number of hydrogen-bond donors (Lipinski definition) is 1. The molecule has 0 aromatic heterocycles. The third-order valence-electron chi connectivity index (χ3n) is 3.08. The second kappa shape index (κ2) is 6.55. The van der Waals surface area contributed by atoms with Crippen LogP contribution in [0.4, 0.5) is 13.6 Å². The first-order valence-corrected chi connectivity index (χ1v) is 6.72. The maximum atomic E-state index is 13.0. The van der Waals surface area contributed by atoms with Crippen molar-refractivity contribution in [2.24, 2.45) is 0 Å². The molecule has 1 aliphatic rings. The van der Waals surface area contributed by atoms with E-state index in [0.717, 1.165) is 16.7 Å². The molecule has 1 atom stereocenters. The summed E-state index contributed by atoms with van der Waals surface area (Å²) in [6.07, 6.45) is 0.904. The Morgan fingerprint density at radius 2 is 2.05 bits per heavy atom. The number of halogens is 2. The van der Waals surface area contributed by atoms with E-state index in [0.29, 0.717) is 6.08 Å². The van der Waals surface area contributed by atoms with Gasteiger partial charge in [0.15, 0.2) is 0 Å². The first kappa shape index (κ1) is 15.9. The minimum atomic E-state index is -3.02. The zero-order valence-corrected chi connectivity index (χ0v) is 12.0. The quantitative estimate of drug-likeness (QED) is 0.928. The molecule has 0 aliphatic carbocycles. The number of alkyl carbamates (subject to hydrolysis) is 1. The molecule has 7 heteroatoms. The van der Waals surface area contributed by atoms with Gasteiger partial charge < -0.3 is 15.0 Å². The molecule has 1 aliphatic heterocycles. The minimum Gasteiger partial charge on any atom is -0.445 e. The molecule has 0 fully saturated rings. The maximum Gasteiger partial charge on any atom is 0.408 e. The molecule has 1 unspecified atom stereocenters. The summed E-state index contributed by atoms with van der Waals surface area (Å²) in [5, 5.41) is 2.32. The Balaban J connectivity index is 1.79. The van der Waals surface area contributed by atoms with Crippen molar-refractivity contribution in [2.45, 2.75) is 25.5 Å². The molecule has 1 N–H and O–H groups in total. The van der Waals surface area contributed by atoms with Gasteiger partial charge in [-0.05, 0) is 12.5 Å². The lowest BCUT2D eigenvalue weighted by Gasteiger charge is -2.20. The number of benzene rings is 1. The highest BCUT2D eigenvalue weighted by atomic mass is 19.3. The molecule has 1 aromatic rings. The van der Waals surface area contributed by atoms with Crippen molar-refractivity contribution in [2.75, 3.05) is 6.54 Å². The molecule has 2 amide bonds. The van der Waals surface area contributed by atoms with Gasteiger partial charge in [0.25, 0.3) is 5.92 Å². The number of ether oxygens (including phenoxy) is 1. The van der Waals surface area contributed by atoms with E-state index in [4.69, 9.17) is 4.74 Å². The number of carbonyl (C=O) groups excluding carboxylic acids is 2. The highest BCUT2D eigenvalue weighted by molar-refractivity contribution is 5.86. The van der Waals surface area contributed by atoms with Crippen molar-refractivity contribution in [3.63, 3.8) is 0 Å². The van der Waals surface area contributed by atoms with E-state index in [-0.39, 0.29) is 6.61 Å². The molecule has 2 rings (SSSR count). The van der Waals surface area contributed by atoms with Gasteiger partial charge in [-0.3, -0.25) is 4.79 Å². The molecular formula is C15H16F2N2O3. The van der Waals surface area contributed by atoms with Gasteiger partial charge in [0.05, 0.1) is 6.54 Å². The van der Waals surface area contributed by atoms with Gasteiger partial charge in [0.2, 0.25) is 5.91 Å². The minimum absolute atomic E-state index is 0.0648. The predicted octanol–water partition coefficient (Wildman–Crippen LogP) is 2.29. The van der Waals surface area contributed by atoms with Gasteiger partial charge in [-0.2, -0.15) is 8.78 Å². The van der Waals surface area contributed by atoms with Gasteiger partial charge in [-0.1, -0.05) is 30.3 Å². The lowest BCUT2D eigenvalue weighted by molar-refractivity contribution is -0.132. The van der Waals surface area contributed by atoms with Crippen molar-refractivity contribution in [3.05, 3.63) is 48.2 Å². The van der Waals surface area contributed by atoms with Gasteiger partial charge in [-0.15, -0.1) is 0 Å². The van der Waals surface area contributed by atoms with Crippen LogP contribution in [0.15, 0.2) is 42.6 Å². The van der Waals surface area contributed by atoms with Crippen molar-refractivity contribution in [1.82, 2.24) is 10.2 Å². The number of nitrogens with one attached hydrogen (secondary N) is 1. The summed E-state index contributed by atoms with van der Waals surface area (Å²) in [4.78, 5) is 24.4. The van der Waals surface area contributed by atoms with Crippen LogP contribution in [0, 0.1) is 0 Å². The monoisotopic (exact) mass is 310 g/mol. The Hall–Kier alpha value is -2.44. The molecular weight excluding hydrogens is 294 g/mol. The number of carbonyl (C=O) groups is 2. The Kier molecular flexibility index (Phi) is 4.75. The average molecular weight is 310 g/mol. The van der Waals surface area contributed by atoms with Crippen LogP contribution >= 0.6 is 0 Å². The summed E-state index contributed by atoms with van der Waals surface area (Å²) >= 11 is 0. The SMILES string of the molecule is CC(NC(=O)OCc1ccccc1)C(=O)N1C=CC(F)(F)C1. The van der Waals surface area contributed by atoms with Crippen molar-refractivity contribution < 1.29 is 23.1 Å². The topological polar surface area (TPSA) is 58.6 Å². The van der Waals surface area contributed by atoms with Crippen LogP contribution < -0.4 is 5.32 Å². The van der Waals surface area contributed by atoms with E-state index in [2.05, 4.69) is 5.32 Å². The summed E-state index contributed by atoms with van der Waals surface area (Å²) < 4.78 is 31.0. The smallest absolute Gasteiger partial charge is 0.408 e. The first-order chi connectivity index (χ1) is 10.4. The van der Waals surface area contributed by atoms with Crippen molar-refractivity contribution in [3.8, 4) is 0 Å². The van der Waals surface area contributed by atoms with Crippen LogP contribution in [0.5, 0.6) is 0 Å². The molecule has 1 aromatic carbocycles. The van der Waals surface area contributed by atoms with E-state index >= 15 is 0 Å². The molecule has 0 bridgehead atoms. The van der Waals surface area contributed by atoms with E-state index < -0.39 is 30.5 Å². The molecule has 5 nitrogen and oxygen atoms in total. The van der Waals surface area contributed by atoms with Gasteiger partial charge in [-0.25, -0.2) is 4.79 Å². The zero-order chi connectivity index (χ0) is 16.2. The lowest BCUT2D eigenvalue weighted by atomic mass is 10.2. The van der Waals surface area contributed by atoms with E-state index in [1.807, 2.05) is 18.2 Å². The molecule has 1 heterocycles. The third kappa shape index (κ3) is 4.28. The second-order valence-corrected chi connectivity index (χ2v) is 4.97. The highest BCUT2D eigenvalue weighted by Crippen LogP contribution is 2.23. The molecule has 0 spiro atoms. The summed E-state index contributed by atoms with van der Waals surface area (Å²) in [5.74, 6) is -3.64. The molecule has 0 radical (unpaired) electrons. The number of rotatable bonds is 4. The molecule has 0 saturated carbocycles. The number of alkyl halides is 2. The Morgan fingerprint density at radius 1 is 1.36 bits per heavy atom. The number of amides is 2. The zero-order valence-electron chi connectivity index (χ0n) is 12.0. The molecule has 118 valence electrons. The molecule has 0 saturated heterocycles. The summed E-state index contributed by atoms with van der Waals surface area (Å²) in [5.41, 5.74) is 0.804. The lowest BCUT2D eigenvalue weighted by Crippen LogP contribution is -2.46. The average Bonchev–Trinajstić information content (AvgIpc) is 2.85. The van der Waals surface area contributed by atoms with Gasteiger partial charge in [0.1, 0.15) is 12.6 Å². The summed E-state index contributed by atoms with van der Waals surface area (Å²) in [6, 6.07) is 8.08. The number of nitrogens with zero attached hydrogens (tertiary/aromatic N) is 1. The fourth-order valence-corrected chi connectivity index (χ4v) is 1.93. The maximum absolute atomic E-state index is 13.0. The van der Waals surface area contributed by atoms with Crippen LogP contribution in [0.3, 0.4) is 0 Å². The Morgan fingerprint density at radius 3 is 2.64 bits per heavy atom. The van der Waals surface area contributed by atoms with Crippen LogP contribution in [0.1, 0.15) is 12.5 Å². The highest BCUT2D eigenvalue weighted by Gasteiger charge is 2.37. The summed E-state index contributed by atoms with van der Waals surface area (Å²) in [7, 11) is 0. The Bertz CT molecular complexity index is 575. The fraction of sp³-hybridized carbons (Fsp3) is 0.333. The first-order valence-electron chi connectivity index (χ1n) is 6.72. The fourth-order valence-electron chi connectivity index (χ4n) is 1.93. The van der Waals surface area contributed by atoms with Gasteiger partial charge in [0, 0.05) is 12.3 Å². The largest absolute Gasteiger partial charge is 0.445 e. The van der Waals surface area contributed by atoms with E-state index in [9.17, 15) is 18.4 Å². The third-order valence-corrected chi connectivity index (χ3v) is 3.08. The van der Waals surface area contributed by atoms with Gasteiger partial charge >= 0.3 is 6.09 Å². The summed E-state index contributed by atoms with van der Waals surface area (Å²) in [6.45, 7) is 0.766.